The molecule has 0 unspecified atom stereocenters. The maximum Gasteiger partial charge on any atom is 0.407 e. The monoisotopic (exact) mass is 449 g/mol. The number of primary amides is 1. The van der Waals surface area contributed by atoms with Gasteiger partial charge in [0.2, 0.25) is 23.6 Å². The molecule has 0 saturated heterocycles. The van der Waals surface area contributed by atoms with Crippen molar-refractivity contribution >= 4 is 29.7 Å². The molecule has 0 aliphatic carbocycles. The van der Waals surface area contributed by atoms with Crippen LogP contribution in [0.2, 0.25) is 0 Å². The van der Waals surface area contributed by atoms with Gasteiger partial charge in [0.1, 0.15) is 25.2 Å². The van der Waals surface area contributed by atoms with Crippen LogP contribution in [0.3, 0.4) is 0 Å². The average molecular weight is 450 g/mol. The van der Waals surface area contributed by atoms with E-state index in [1.807, 2.05) is 13.0 Å². The predicted octanol–water partition coefficient (Wildman–Crippen LogP) is -0.450. The van der Waals surface area contributed by atoms with Crippen LogP contribution in [0.5, 0.6) is 0 Å². The van der Waals surface area contributed by atoms with E-state index >= 15 is 0 Å². The molecule has 0 radical (unpaired) electrons. The average Bonchev–Trinajstić information content (AvgIpc) is 2.78. The van der Waals surface area contributed by atoms with Crippen LogP contribution in [-0.2, 0) is 30.5 Å². The van der Waals surface area contributed by atoms with Gasteiger partial charge in [-0.15, -0.1) is 0 Å². The molecule has 1 rings (SSSR count). The highest BCUT2D eigenvalue weighted by molar-refractivity contribution is 5.93. The van der Waals surface area contributed by atoms with E-state index in [0.717, 1.165) is 5.56 Å². The Kier molecular flexibility index (Phi) is 11.2. The number of hydrogen-bond acceptors (Lipinski definition) is 6. The van der Waals surface area contributed by atoms with Gasteiger partial charge in [-0.1, -0.05) is 50.6 Å². The Morgan fingerprint density at radius 3 is 2.16 bits per heavy atom. The molecule has 0 aromatic heterocycles. The van der Waals surface area contributed by atoms with Gasteiger partial charge >= 0.3 is 6.09 Å². The molecule has 176 valence electrons. The van der Waals surface area contributed by atoms with Gasteiger partial charge in [-0.25, -0.2) is 4.79 Å². The lowest BCUT2D eigenvalue weighted by atomic mass is 9.98. The molecule has 5 amide bonds. The molecular weight excluding hydrogens is 418 g/mol. The van der Waals surface area contributed by atoms with Gasteiger partial charge < -0.3 is 31.7 Å². The molecule has 0 heterocycles. The fourth-order valence-electron chi connectivity index (χ4n) is 2.53. The molecule has 0 aliphatic heterocycles. The van der Waals surface area contributed by atoms with Crippen molar-refractivity contribution in [3.63, 3.8) is 0 Å². The lowest BCUT2D eigenvalue weighted by molar-refractivity contribution is -0.132. The summed E-state index contributed by atoms with van der Waals surface area (Å²) in [6.45, 7) is 4.35. The first-order valence-corrected chi connectivity index (χ1v) is 10.2. The molecule has 32 heavy (non-hydrogen) atoms. The molecule has 0 spiro atoms. The van der Waals surface area contributed by atoms with Gasteiger partial charge in [0.05, 0.1) is 6.54 Å². The van der Waals surface area contributed by atoms with Crippen molar-refractivity contribution in [3.8, 4) is 0 Å². The lowest BCUT2D eigenvalue weighted by Gasteiger charge is -2.23. The zero-order chi connectivity index (χ0) is 24.1. The first-order valence-electron chi connectivity index (χ1n) is 10.2. The second kappa shape index (κ2) is 13.6. The normalized spacial score (nSPS) is 13.1. The molecular formula is C21H31N5O6. The Labute approximate surface area is 186 Å². The quantitative estimate of drug-likeness (QED) is 0.289. The van der Waals surface area contributed by atoms with Crippen molar-refractivity contribution in [2.75, 3.05) is 13.1 Å². The summed E-state index contributed by atoms with van der Waals surface area (Å²) in [6.07, 6.45) is -0.141. The summed E-state index contributed by atoms with van der Waals surface area (Å²) in [5.41, 5.74) is 6.11. The minimum Gasteiger partial charge on any atom is -0.445 e. The number of nitrogens with two attached hydrogens (primary N) is 1. The van der Waals surface area contributed by atoms with Crippen LogP contribution in [0.15, 0.2) is 30.3 Å². The van der Waals surface area contributed by atoms with Gasteiger partial charge in [-0.2, -0.15) is 0 Å². The summed E-state index contributed by atoms with van der Waals surface area (Å²) in [5.74, 6) is -2.62. The summed E-state index contributed by atoms with van der Waals surface area (Å²) in [5, 5.41) is 9.51. The highest BCUT2D eigenvalue weighted by atomic mass is 16.5. The van der Waals surface area contributed by atoms with Crippen molar-refractivity contribution in [2.45, 2.75) is 45.9 Å². The summed E-state index contributed by atoms with van der Waals surface area (Å²) >= 11 is 0. The number of rotatable bonds is 12. The van der Waals surface area contributed by atoms with Crippen LogP contribution in [0, 0.1) is 5.92 Å². The van der Waals surface area contributed by atoms with E-state index in [2.05, 4.69) is 21.3 Å². The lowest BCUT2D eigenvalue weighted by Crippen LogP contribution is -2.55. The third kappa shape index (κ3) is 9.92. The fourth-order valence-corrected chi connectivity index (χ4v) is 2.53. The van der Waals surface area contributed by atoms with Gasteiger partial charge in [-0.05, 0) is 18.4 Å². The number of amides is 5. The number of nitrogens with one attached hydrogen (secondary N) is 4. The molecule has 0 aliphatic rings. The Morgan fingerprint density at radius 2 is 1.56 bits per heavy atom. The largest absolute Gasteiger partial charge is 0.445 e. The fraction of sp³-hybridized carbons (Fsp3) is 0.476. The third-order valence-corrected chi connectivity index (χ3v) is 4.64. The second-order valence-electron chi connectivity index (χ2n) is 7.26. The van der Waals surface area contributed by atoms with Crippen LogP contribution in [0.4, 0.5) is 4.79 Å². The summed E-state index contributed by atoms with van der Waals surface area (Å²) in [7, 11) is 0. The first-order chi connectivity index (χ1) is 15.1. The number of alkyl carbamates (subject to hydrolysis) is 1. The molecule has 0 bridgehead atoms. The van der Waals surface area contributed by atoms with Crippen molar-refractivity contribution in [2.24, 2.45) is 11.7 Å². The van der Waals surface area contributed by atoms with Crippen LogP contribution in [-0.4, -0.2) is 54.9 Å². The molecule has 3 atom stereocenters. The van der Waals surface area contributed by atoms with E-state index in [-0.39, 0.29) is 19.1 Å². The smallest absolute Gasteiger partial charge is 0.407 e. The third-order valence-electron chi connectivity index (χ3n) is 4.64. The minimum absolute atomic E-state index is 0.0598. The first kappa shape index (κ1) is 26.4. The van der Waals surface area contributed by atoms with E-state index < -0.39 is 48.4 Å². The van der Waals surface area contributed by atoms with E-state index in [1.165, 1.54) is 6.92 Å². The number of carbonyl (C=O) groups is 5. The van der Waals surface area contributed by atoms with Gasteiger partial charge in [0.15, 0.2) is 0 Å². The van der Waals surface area contributed by atoms with Crippen molar-refractivity contribution in [3.05, 3.63) is 35.9 Å². The molecule has 1 aromatic rings. The maximum absolute atomic E-state index is 12.2. The number of carbonyl (C=O) groups excluding carboxylic acids is 5. The number of hydrogen-bond donors (Lipinski definition) is 5. The van der Waals surface area contributed by atoms with Crippen LogP contribution >= 0.6 is 0 Å². The molecule has 6 N–H and O–H groups in total. The Bertz CT molecular complexity index is 801. The topological polar surface area (TPSA) is 169 Å². The van der Waals surface area contributed by atoms with Crippen LogP contribution in [0.25, 0.3) is 0 Å². The highest BCUT2D eigenvalue weighted by Crippen LogP contribution is 2.07. The maximum atomic E-state index is 12.2. The Balaban J connectivity index is 2.30. The van der Waals surface area contributed by atoms with E-state index in [1.54, 1.807) is 31.2 Å². The molecule has 11 heteroatoms. The molecule has 11 nitrogen and oxygen atoms in total. The summed E-state index contributed by atoms with van der Waals surface area (Å²) in [4.78, 5) is 59.1. The Hall–Kier alpha value is -3.63. The highest BCUT2D eigenvalue weighted by Gasteiger charge is 2.26. The summed E-state index contributed by atoms with van der Waals surface area (Å²) < 4.78 is 4.97. The van der Waals surface area contributed by atoms with Crippen molar-refractivity contribution in [1.29, 1.82) is 0 Å². The van der Waals surface area contributed by atoms with Gasteiger partial charge in [0, 0.05) is 0 Å². The predicted molar refractivity (Wildman–Crippen MR) is 116 cm³/mol. The van der Waals surface area contributed by atoms with E-state index in [4.69, 9.17) is 10.5 Å². The Morgan fingerprint density at radius 1 is 0.938 bits per heavy atom. The number of ether oxygens (including phenoxy) is 1. The number of benzene rings is 1. The van der Waals surface area contributed by atoms with Crippen LogP contribution in [0.1, 0.15) is 32.8 Å². The molecule has 0 saturated carbocycles. The van der Waals surface area contributed by atoms with Gasteiger partial charge in [0.25, 0.3) is 0 Å². The molecule has 1 aromatic carbocycles. The van der Waals surface area contributed by atoms with Gasteiger partial charge in [-0.3, -0.25) is 19.2 Å². The zero-order valence-electron chi connectivity index (χ0n) is 18.5. The van der Waals surface area contributed by atoms with E-state index in [9.17, 15) is 24.0 Å². The van der Waals surface area contributed by atoms with Crippen molar-refractivity contribution < 1.29 is 28.7 Å². The second-order valence-corrected chi connectivity index (χ2v) is 7.26. The van der Waals surface area contributed by atoms with E-state index in [0.29, 0.717) is 6.42 Å². The standard InChI is InChI=1S/C21H31N5O6/c1-4-13(2)18(19(22)29)26-20(30)14(3)25-17(28)11-23-16(27)10-24-21(31)32-12-15-8-6-5-7-9-15/h5-9,13-14,18H,4,10-12H2,1-3H3,(H2,22,29)(H,23,27)(H,24,31)(H,25,28)(H,26,30)/t13-,14-,18+/m1/s1. The van der Waals surface area contributed by atoms with Crippen molar-refractivity contribution in [1.82, 2.24) is 21.3 Å². The SMILES string of the molecule is CC[C@@H](C)[C@H](NC(=O)[C@@H](C)NC(=O)CNC(=O)CNC(=O)OCc1ccccc1)C(N)=O. The summed E-state index contributed by atoms with van der Waals surface area (Å²) in [6, 6.07) is 7.23. The molecule has 0 fully saturated rings. The zero-order valence-corrected chi connectivity index (χ0v) is 18.5. The van der Waals surface area contributed by atoms with Crippen LogP contribution < -0.4 is 27.0 Å². The minimum atomic E-state index is -0.948.